The lowest BCUT2D eigenvalue weighted by Crippen LogP contribution is -2.32. The molecule has 174 valence electrons. The van der Waals surface area contributed by atoms with Crippen molar-refractivity contribution in [1.29, 1.82) is 0 Å². The van der Waals surface area contributed by atoms with Crippen LogP contribution in [0, 0.1) is 13.8 Å². The molecule has 2 aromatic rings. The number of rotatable bonds is 4. The first kappa shape index (κ1) is 22.5. The molecule has 11 heteroatoms. The first-order chi connectivity index (χ1) is 15.2. The van der Waals surface area contributed by atoms with E-state index >= 15 is 0 Å². The van der Waals surface area contributed by atoms with Crippen LogP contribution in [0.5, 0.6) is 0 Å². The maximum Gasteiger partial charge on any atom is 0.413 e. The van der Waals surface area contributed by atoms with E-state index in [0.717, 1.165) is 11.4 Å². The number of nitrogens with one attached hydrogen (secondary N) is 1. The SMILES string of the molecule is Cc1cc(C)n(-c2nc(NC(=O)OC3CCC(F)(F)CC3)cc(C3COCCC3O)n2)n1. The van der Waals surface area contributed by atoms with Gasteiger partial charge in [-0.05, 0) is 39.2 Å². The van der Waals surface area contributed by atoms with E-state index in [2.05, 4.69) is 20.4 Å². The van der Waals surface area contributed by atoms with Crippen LogP contribution in [0.15, 0.2) is 12.1 Å². The molecule has 0 spiro atoms. The molecule has 3 heterocycles. The largest absolute Gasteiger partial charge is 0.446 e. The van der Waals surface area contributed by atoms with Crippen molar-refractivity contribution in [2.45, 2.75) is 70.0 Å². The van der Waals surface area contributed by atoms with Crippen LogP contribution >= 0.6 is 0 Å². The summed E-state index contributed by atoms with van der Waals surface area (Å²) in [4.78, 5) is 21.4. The average molecular weight is 451 g/mol. The Morgan fingerprint density at radius 1 is 1.25 bits per heavy atom. The number of amides is 1. The summed E-state index contributed by atoms with van der Waals surface area (Å²) in [7, 11) is 0. The van der Waals surface area contributed by atoms with E-state index in [1.165, 1.54) is 0 Å². The molecule has 2 atom stereocenters. The van der Waals surface area contributed by atoms with Gasteiger partial charge in [0.2, 0.25) is 5.92 Å². The van der Waals surface area contributed by atoms with Gasteiger partial charge in [-0.2, -0.15) is 10.1 Å². The van der Waals surface area contributed by atoms with Gasteiger partial charge in [0, 0.05) is 31.2 Å². The summed E-state index contributed by atoms with van der Waals surface area (Å²) in [5, 5.41) is 17.4. The zero-order valence-electron chi connectivity index (χ0n) is 18.1. The number of anilines is 1. The van der Waals surface area contributed by atoms with Crippen LogP contribution in [-0.2, 0) is 9.47 Å². The minimum atomic E-state index is -2.70. The molecule has 4 rings (SSSR count). The van der Waals surface area contributed by atoms with Gasteiger partial charge in [-0.15, -0.1) is 0 Å². The summed E-state index contributed by atoms with van der Waals surface area (Å²) < 4.78 is 39.1. The predicted octanol–water partition coefficient (Wildman–Crippen LogP) is 3.27. The van der Waals surface area contributed by atoms with Crippen molar-refractivity contribution in [1.82, 2.24) is 19.7 Å². The summed E-state index contributed by atoms with van der Waals surface area (Å²) >= 11 is 0. The van der Waals surface area contributed by atoms with Gasteiger partial charge in [0.15, 0.2) is 0 Å². The van der Waals surface area contributed by atoms with Crippen molar-refractivity contribution in [3.05, 3.63) is 29.2 Å². The van der Waals surface area contributed by atoms with Crippen molar-refractivity contribution < 1.29 is 28.2 Å². The normalized spacial score (nSPS) is 23.7. The lowest BCUT2D eigenvalue weighted by atomic mass is 9.94. The lowest BCUT2D eigenvalue weighted by molar-refractivity contribution is -0.0642. The molecule has 0 bridgehead atoms. The van der Waals surface area contributed by atoms with Crippen LogP contribution in [-0.4, -0.2) is 62.3 Å². The molecule has 0 aromatic carbocycles. The Hall–Kier alpha value is -2.66. The second kappa shape index (κ2) is 9.07. The molecule has 1 saturated heterocycles. The molecule has 9 nitrogen and oxygen atoms in total. The Bertz CT molecular complexity index is 973. The predicted molar refractivity (Wildman–Crippen MR) is 110 cm³/mol. The number of aliphatic hydroxyl groups excluding tert-OH is 1. The fourth-order valence-electron chi connectivity index (χ4n) is 4.06. The number of aliphatic hydroxyl groups is 1. The summed E-state index contributed by atoms with van der Waals surface area (Å²) in [5.74, 6) is -2.69. The van der Waals surface area contributed by atoms with Crippen LogP contribution in [0.2, 0.25) is 0 Å². The van der Waals surface area contributed by atoms with Crippen molar-refractivity contribution >= 4 is 11.9 Å². The van der Waals surface area contributed by atoms with Crippen LogP contribution in [0.1, 0.15) is 55.1 Å². The number of hydrogen-bond donors (Lipinski definition) is 2. The molecule has 2 aromatic heterocycles. The summed E-state index contributed by atoms with van der Waals surface area (Å²) in [5.41, 5.74) is 2.08. The number of carbonyl (C=O) groups is 1. The van der Waals surface area contributed by atoms with Gasteiger partial charge in [0.05, 0.1) is 30.0 Å². The van der Waals surface area contributed by atoms with Crippen LogP contribution < -0.4 is 5.32 Å². The van der Waals surface area contributed by atoms with Crippen LogP contribution in [0.25, 0.3) is 5.95 Å². The number of alkyl halides is 2. The molecule has 1 amide bonds. The minimum absolute atomic E-state index is 0.109. The highest BCUT2D eigenvalue weighted by Crippen LogP contribution is 2.34. The van der Waals surface area contributed by atoms with Gasteiger partial charge < -0.3 is 14.6 Å². The standard InChI is InChI=1S/C21H27F2N5O4/c1-12-9-13(2)28(27-12)19-24-16(15-11-31-8-5-17(15)29)10-18(25-19)26-20(30)32-14-3-6-21(22,23)7-4-14/h9-10,14-15,17,29H,3-8,11H2,1-2H3,(H,24,25,26,30). The van der Waals surface area contributed by atoms with Crippen LogP contribution in [0.3, 0.4) is 0 Å². The number of nitrogens with zero attached hydrogens (tertiary/aromatic N) is 4. The van der Waals surface area contributed by atoms with E-state index in [1.807, 2.05) is 19.9 Å². The number of aryl methyl sites for hydroxylation is 2. The molecule has 0 radical (unpaired) electrons. The van der Waals surface area contributed by atoms with Gasteiger partial charge >= 0.3 is 6.09 Å². The molecule has 1 aliphatic heterocycles. The van der Waals surface area contributed by atoms with Gasteiger partial charge in [-0.3, -0.25) is 5.32 Å². The van der Waals surface area contributed by atoms with E-state index in [0.29, 0.717) is 18.7 Å². The van der Waals surface area contributed by atoms with E-state index in [4.69, 9.17) is 9.47 Å². The van der Waals surface area contributed by atoms with Crippen molar-refractivity contribution in [2.24, 2.45) is 0 Å². The van der Waals surface area contributed by atoms with E-state index in [1.54, 1.807) is 10.7 Å². The number of aromatic nitrogens is 4. The zero-order valence-corrected chi connectivity index (χ0v) is 18.1. The van der Waals surface area contributed by atoms with Crippen molar-refractivity contribution in [2.75, 3.05) is 18.5 Å². The Morgan fingerprint density at radius 3 is 2.66 bits per heavy atom. The highest BCUT2D eigenvalue weighted by Gasteiger charge is 2.36. The number of carbonyl (C=O) groups excluding carboxylic acids is 1. The Kier molecular flexibility index (Phi) is 6.38. The van der Waals surface area contributed by atoms with Gasteiger partial charge in [0.1, 0.15) is 11.9 Å². The lowest BCUT2D eigenvalue weighted by Gasteiger charge is -2.28. The molecule has 1 saturated carbocycles. The molecular formula is C21H27F2N5O4. The van der Waals surface area contributed by atoms with Crippen molar-refractivity contribution in [3.8, 4) is 5.95 Å². The Labute approximate surface area is 184 Å². The highest BCUT2D eigenvalue weighted by atomic mass is 19.3. The van der Waals surface area contributed by atoms with E-state index in [-0.39, 0.29) is 50.0 Å². The highest BCUT2D eigenvalue weighted by molar-refractivity contribution is 5.83. The molecule has 2 N–H and O–H groups in total. The molecule has 32 heavy (non-hydrogen) atoms. The zero-order chi connectivity index (χ0) is 22.9. The number of ether oxygens (including phenoxy) is 2. The quantitative estimate of drug-likeness (QED) is 0.734. The average Bonchev–Trinajstić information content (AvgIpc) is 3.07. The Morgan fingerprint density at radius 2 is 2.00 bits per heavy atom. The van der Waals surface area contributed by atoms with Gasteiger partial charge in [-0.1, -0.05) is 0 Å². The summed E-state index contributed by atoms with van der Waals surface area (Å²) in [6.45, 7) is 4.45. The van der Waals surface area contributed by atoms with E-state index < -0.39 is 24.2 Å². The third-order valence-corrected chi connectivity index (χ3v) is 5.80. The third-order valence-electron chi connectivity index (χ3n) is 5.80. The number of halogens is 2. The maximum absolute atomic E-state index is 13.3. The van der Waals surface area contributed by atoms with Gasteiger partial charge in [-0.25, -0.2) is 23.2 Å². The molecule has 2 unspecified atom stereocenters. The minimum Gasteiger partial charge on any atom is -0.446 e. The smallest absolute Gasteiger partial charge is 0.413 e. The van der Waals surface area contributed by atoms with Crippen LogP contribution in [0.4, 0.5) is 19.4 Å². The number of hydrogen-bond acceptors (Lipinski definition) is 7. The molecule has 2 aliphatic rings. The molecule has 1 aliphatic carbocycles. The summed E-state index contributed by atoms with van der Waals surface area (Å²) in [6, 6.07) is 3.43. The Balaban J connectivity index is 1.56. The molecular weight excluding hydrogens is 424 g/mol. The summed E-state index contributed by atoms with van der Waals surface area (Å²) in [6.07, 6.45) is -1.90. The fourth-order valence-corrected chi connectivity index (χ4v) is 4.06. The fraction of sp³-hybridized carbons (Fsp3) is 0.619. The van der Waals surface area contributed by atoms with E-state index in [9.17, 15) is 18.7 Å². The second-order valence-corrected chi connectivity index (χ2v) is 8.44. The van der Waals surface area contributed by atoms with Crippen molar-refractivity contribution in [3.63, 3.8) is 0 Å². The first-order valence-corrected chi connectivity index (χ1v) is 10.7. The first-order valence-electron chi connectivity index (χ1n) is 10.7. The maximum atomic E-state index is 13.3. The molecule has 2 fully saturated rings. The topological polar surface area (TPSA) is 111 Å². The second-order valence-electron chi connectivity index (χ2n) is 8.44. The third kappa shape index (κ3) is 5.21. The monoisotopic (exact) mass is 451 g/mol. The van der Waals surface area contributed by atoms with Gasteiger partial charge in [0.25, 0.3) is 5.95 Å².